The van der Waals surface area contributed by atoms with Gasteiger partial charge in [0.25, 0.3) is 0 Å². The molecule has 0 spiro atoms. The monoisotopic (exact) mass is 912 g/mol. The predicted octanol–water partition coefficient (Wildman–Crippen LogP) is 18.5. The van der Waals surface area contributed by atoms with Crippen molar-refractivity contribution in [3.63, 3.8) is 0 Å². The Kier molecular flexibility index (Phi) is 11.9. The largest absolute Gasteiger partial charge is 0.310 e. The van der Waals surface area contributed by atoms with Crippen LogP contribution in [0.4, 0.5) is 51.2 Å². The standard InChI is InChI=1S/C67H65N3/c1-42-32-36-61(50(9)46(42)5)69(62-37-33-43(2)47(6)51(62)10)57-26-20-22-54(40-57)67(59-28-16-18-30-65(59)68(56-24-14-13-15-25-56)66-31-19-17-29-60(66)67)55-23-21-27-58(41-55)70(63-38-34-44(3)48(7)52(63)11)64-39-35-45(4)49(8)53(64)12/h13-41H,1-12H3. The summed E-state index contributed by atoms with van der Waals surface area (Å²) in [6.45, 7) is 27.0. The van der Waals surface area contributed by atoms with Crippen LogP contribution in [0.1, 0.15) is 89.0 Å². The molecule has 1 heterocycles. The van der Waals surface area contributed by atoms with Crippen LogP contribution in [0.2, 0.25) is 0 Å². The zero-order chi connectivity index (χ0) is 49.2. The normalized spacial score (nSPS) is 12.7. The summed E-state index contributed by atoms with van der Waals surface area (Å²) in [5, 5.41) is 0. The average molecular weight is 912 g/mol. The Hall–Kier alpha value is -7.62. The SMILES string of the molecule is Cc1ccc(N(c2cccc(C3(c4cccc(N(c5ccc(C)c(C)c5C)c5ccc(C)c(C)c5C)c4)c4ccccc4N(c4ccccc4)c4ccccc43)c2)c2ccc(C)c(C)c2C)c(C)c1C. The fourth-order valence-corrected chi connectivity index (χ4v) is 11.2. The molecule has 0 saturated carbocycles. The van der Waals surface area contributed by atoms with Crippen LogP contribution in [-0.2, 0) is 5.41 Å². The number of nitrogens with zero attached hydrogens (tertiary/aromatic N) is 3. The lowest BCUT2D eigenvalue weighted by Crippen LogP contribution is -2.38. The Balaban J connectivity index is 1.32. The molecule has 1 aliphatic heterocycles. The van der Waals surface area contributed by atoms with Gasteiger partial charge in [-0.3, -0.25) is 0 Å². The molecule has 0 unspecified atom stereocenters. The van der Waals surface area contributed by atoms with Crippen molar-refractivity contribution in [2.75, 3.05) is 14.7 Å². The minimum absolute atomic E-state index is 0.769. The highest BCUT2D eigenvalue weighted by atomic mass is 15.2. The number of benzene rings is 9. The van der Waals surface area contributed by atoms with Crippen molar-refractivity contribution in [1.82, 2.24) is 0 Å². The van der Waals surface area contributed by atoms with Gasteiger partial charge in [-0.2, -0.15) is 0 Å². The summed E-state index contributed by atoms with van der Waals surface area (Å²) in [5.74, 6) is 0. The quantitative estimate of drug-likeness (QED) is 0.143. The van der Waals surface area contributed by atoms with Gasteiger partial charge in [-0.05, 0) is 245 Å². The van der Waals surface area contributed by atoms with Gasteiger partial charge in [0.15, 0.2) is 0 Å². The summed E-state index contributed by atoms with van der Waals surface area (Å²) in [7, 11) is 0. The zero-order valence-corrected chi connectivity index (χ0v) is 43.1. The van der Waals surface area contributed by atoms with Gasteiger partial charge >= 0.3 is 0 Å². The summed E-state index contributed by atoms with van der Waals surface area (Å²) >= 11 is 0. The fraction of sp³-hybridized carbons (Fsp3) is 0.194. The zero-order valence-electron chi connectivity index (χ0n) is 43.1. The fourth-order valence-electron chi connectivity index (χ4n) is 11.2. The highest BCUT2D eigenvalue weighted by Gasteiger charge is 2.47. The predicted molar refractivity (Wildman–Crippen MR) is 299 cm³/mol. The number of anilines is 9. The topological polar surface area (TPSA) is 9.72 Å². The van der Waals surface area contributed by atoms with E-state index in [0.717, 1.165) is 28.4 Å². The van der Waals surface area contributed by atoms with Crippen LogP contribution in [0.5, 0.6) is 0 Å². The molecule has 0 saturated heterocycles. The molecule has 0 aromatic heterocycles. The van der Waals surface area contributed by atoms with Crippen molar-refractivity contribution in [2.45, 2.75) is 88.5 Å². The molecule has 0 aliphatic carbocycles. The second-order valence-electron chi connectivity index (χ2n) is 19.8. The molecule has 0 atom stereocenters. The Morgan fingerprint density at radius 1 is 0.300 bits per heavy atom. The first kappa shape index (κ1) is 46.1. The van der Waals surface area contributed by atoms with Crippen molar-refractivity contribution >= 4 is 51.2 Å². The van der Waals surface area contributed by atoms with E-state index in [1.54, 1.807) is 0 Å². The van der Waals surface area contributed by atoms with Crippen molar-refractivity contribution in [2.24, 2.45) is 0 Å². The minimum Gasteiger partial charge on any atom is -0.310 e. The minimum atomic E-state index is -0.769. The molecule has 1 aliphatic rings. The van der Waals surface area contributed by atoms with Crippen LogP contribution >= 0.6 is 0 Å². The Morgan fingerprint density at radius 3 is 0.986 bits per heavy atom. The maximum absolute atomic E-state index is 2.51. The number of rotatable bonds is 9. The number of fused-ring (bicyclic) bond motifs is 2. The third-order valence-corrected chi connectivity index (χ3v) is 16.3. The molecule has 0 bridgehead atoms. The van der Waals surface area contributed by atoms with Crippen LogP contribution in [0, 0.1) is 83.1 Å². The molecule has 348 valence electrons. The molecule has 0 N–H and O–H groups in total. The van der Waals surface area contributed by atoms with E-state index in [1.807, 2.05) is 0 Å². The van der Waals surface area contributed by atoms with Crippen LogP contribution in [0.3, 0.4) is 0 Å². The third kappa shape index (κ3) is 7.33. The van der Waals surface area contributed by atoms with Gasteiger partial charge in [-0.15, -0.1) is 0 Å². The molecular formula is C67H65N3. The molecule has 70 heavy (non-hydrogen) atoms. The van der Waals surface area contributed by atoms with E-state index >= 15 is 0 Å². The van der Waals surface area contributed by atoms with E-state index in [2.05, 4.69) is 274 Å². The lowest BCUT2D eigenvalue weighted by Gasteiger charge is -2.47. The van der Waals surface area contributed by atoms with Gasteiger partial charge in [0.2, 0.25) is 0 Å². The molecule has 9 aromatic carbocycles. The average Bonchev–Trinajstić information content (AvgIpc) is 3.38. The van der Waals surface area contributed by atoms with Gasteiger partial charge in [-0.25, -0.2) is 0 Å². The maximum atomic E-state index is 2.51. The van der Waals surface area contributed by atoms with E-state index in [1.165, 1.54) is 112 Å². The lowest BCUT2D eigenvalue weighted by atomic mass is 9.62. The van der Waals surface area contributed by atoms with Gasteiger partial charge in [0.1, 0.15) is 0 Å². The van der Waals surface area contributed by atoms with Crippen LogP contribution in [0.25, 0.3) is 0 Å². The molecule has 0 fully saturated rings. The van der Waals surface area contributed by atoms with Crippen molar-refractivity contribution in [1.29, 1.82) is 0 Å². The second kappa shape index (κ2) is 18.0. The van der Waals surface area contributed by atoms with E-state index in [4.69, 9.17) is 0 Å². The van der Waals surface area contributed by atoms with Crippen molar-refractivity contribution in [3.05, 3.63) is 265 Å². The van der Waals surface area contributed by atoms with E-state index in [-0.39, 0.29) is 0 Å². The molecule has 0 radical (unpaired) electrons. The number of para-hydroxylation sites is 3. The summed E-state index contributed by atoms with van der Waals surface area (Å²) in [5.41, 5.74) is 30.0. The molecule has 3 heteroatoms. The molecule has 9 aromatic rings. The number of aryl methyl sites for hydroxylation is 4. The molecule has 0 amide bonds. The Bertz CT molecular complexity index is 3160. The highest BCUT2D eigenvalue weighted by molar-refractivity contribution is 5.91. The van der Waals surface area contributed by atoms with Gasteiger partial charge in [0.05, 0.1) is 16.8 Å². The lowest BCUT2D eigenvalue weighted by molar-refractivity contribution is 0.731. The second-order valence-corrected chi connectivity index (χ2v) is 19.8. The smallest absolute Gasteiger partial charge is 0.0743 e. The van der Waals surface area contributed by atoms with E-state index < -0.39 is 5.41 Å². The van der Waals surface area contributed by atoms with Crippen molar-refractivity contribution < 1.29 is 0 Å². The molecule has 10 rings (SSSR count). The highest BCUT2D eigenvalue weighted by Crippen LogP contribution is 2.59. The van der Waals surface area contributed by atoms with E-state index in [0.29, 0.717) is 0 Å². The van der Waals surface area contributed by atoms with Gasteiger partial charge in [-0.1, -0.05) is 103 Å². The van der Waals surface area contributed by atoms with Gasteiger partial charge in [0, 0.05) is 39.8 Å². The molecule has 3 nitrogen and oxygen atoms in total. The van der Waals surface area contributed by atoms with E-state index in [9.17, 15) is 0 Å². The van der Waals surface area contributed by atoms with Crippen LogP contribution in [-0.4, -0.2) is 0 Å². The first-order valence-corrected chi connectivity index (χ1v) is 24.9. The van der Waals surface area contributed by atoms with Gasteiger partial charge < -0.3 is 14.7 Å². The summed E-state index contributed by atoms with van der Waals surface area (Å²) in [4.78, 5) is 7.49. The summed E-state index contributed by atoms with van der Waals surface area (Å²) < 4.78 is 0. The maximum Gasteiger partial charge on any atom is 0.0743 e. The Morgan fingerprint density at radius 2 is 0.629 bits per heavy atom. The first-order chi connectivity index (χ1) is 33.7. The number of hydrogen-bond donors (Lipinski definition) is 0. The Labute approximate surface area is 417 Å². The number of hydrogen-bond acceptors (Lipinski definition) is 3. The first-order valence-electron chi connectivity index (χ1n) is 24.9. The molecular weight excluding hydrogens is 847 g/mol. The third-order valence-electron chi connectivity index (χ3n) is 16.3. The summed E-state index contributed by atoms with van der Waals surface area (Å²) in [6, 6.07) is 66.4. The van der Waals surface area contributed by atoms with Crippen LogP contribution in [0.15, 0.2) is 176 Å². The summed E-state index contributed by atoms with van der Waals surface area (Å²) in [6.07, 6.45) is 0. The van der Waals surface area contributed by atoms with Crippen LogP contribution < -0.4 is 14.7 Å². The van der Waals surface area contributed by atoms with Crippen molar-refractivity contribution in [3.8, 4) is 0 Å².